The predicted molar refractivity (Wildman–Crippen MR) is 84.9 cm³/mol. The average molecular weight is 339 g/mol. The van der Waals surface area contributed by atoms with Crippen molar-refractivity contribution >= 4 is 29.1 Å². The van der Waals surface area contributed by atoms with Crippen LogP contribution in [0.1, 0.15) is 24.5 Å². The maximum atomic E-state index is 12.3. The van der Waals surface area contributed by atoms with Crippen molar-refractivity contribution in [3.63, 3.8) is 0 Å². The van der Waals surface area contributed by atoms with Crippen molar-refractivity contribution in [2.75, 3.05) is 26.2 Å². The molecule has 8 heteroatoms. The van der Waals surface area contributed by atoms with Crippen LogP contribution in [0.4, 0.5) is 0 Å². The molecule has 7 nitrogen and oxygen atoms in total. The second-order valence-corrected chi connectivity index (χ2v) is 6.56. The number of aryl methyl sites for hydroxylation is 1. The Morgan fingerprint density at radius 1 is 1.26 bits per heavy atom. The lowest BCUT2D eigenvalue weighted by Crippen LogP contribution is -2.52. The van der Waals surface area contributed by atoms with E-state index in [2.05, 4.69) is 4.98 Å². The monoisotopic (exact) mass is 339 g/mol. The maximum Gasteiger partial charge on any atom is 0.312 e. The summed E-state index contributed by atoms with van der Waals surface area (Å²) in [6, 6.07) is 0. The molecule has 2 rings (SSSR count). The van der Waals surface area contributed by atoms with E-state index in [4.69, 9.17) is 4.74 Å². The first-order valence-corrected chi connectivity index (χ1v) is 8.39. The molecule has 0 saturated carbocycles. The van der Waals surface area contributed by atoms with Crippen LogP contribution in [0, 0.1) is 6.92 Å². The molecule has 0 aliphatic carbocycles. The van der Waals surface area contributed by atoms with Crippen molar-refractivity contribution in [3.05, 3.63) is 16.1 Å². The highest BCUT2D eigenvalue weighted by atomic mass is 32.1. The van der Waals surface area contributed by atoms with Crippen LogP contribution in [0.25, 0.3) is 0 Å². The van der Waals surface area contributed by atoms with E-state index in [-0.39, 0.29) is 18.2 Å². The quantitative estimate of drug-likeness (QED) is 0.751. The second-order valence-electron chi connectivity index (χ2n) is 5.50. The first-order valence-electron chi connectivity index (χ1n) is 7.51. The van der Waals surface area contributed by atoms with Gasteiger partial charge in [0.2, 0.25) is 5.91 Å². The molecule has 23 heavy (non-hydrogen) atoms. The molecule has 1 unspecified atom stereocenters. The molecule has 0 aromatic carbocycles. The average Bonchev–Trinajstić information content (AvgIpc) is 2.91. The van der Waals surface area contributed by atoms with Crippen LogP contribution in [0.15, 0.2) is 5.38 Å². The van der Waals surface area contributed by atoms with E-state index < -0.39 is 12.1 Å². The van der Waals surface area contributed by atoms with Crippen LogP contribution in [-0.4, -0.2) is 64.9 Å². The van der Waals surface area contributed by atoms with E-state index >= 15 is 0 Å². The van der Waals surface area contributed by atoms with Crippen LogP contribution < -0.4 is 0 Å². The van der Waals surface area contributed by atoms with Gasteiger partial charge in [0, 0.05) is 38.5 Å². The molecule has 0 spiro atoms. The Bertz CT molecular complexity index is 593. The number of hydrogen-bond donors (Lipinski definition) is 0. The van der Waals surface area contributed by atoms with Gasteiger partial charge in [0.05, 0.1) is 17.1 Å². The fraction of sp³-hybridized carbons (Fsp3) is 0.600. The molecule has 1 aliphatic rings. The zero-order valence-corrected chi connectivity index (χ0v) is 14.4. The molecule has 1 saturated heterocycles. The van der Waals surface area contributed by atoms with Crippen LogP contribution in [0.3, 0.4) is 0 Å². The lowest BCUT2D eigenvalue weighted by molar-refractivity contribution is -0.159. The molecule has 2 amide bonds. The first kappa shape index (κ1) is 17.4. The zero-order valence-electron chi connectivity index (χ0n) is 13.6. The summed E-state index contributed by atoms with van der Waals surface area (Å²) in [6.07, 6.45) is -0.758. The number of nitrogens with zero attached hydrogens (tertiary/aromatic N) is 3. The van der Waals surface area contributed by atoms with Crippen LogP contribution in [-0.2, 0) is 25.5 Å². The molecule has 0 radical (unpaired) electrons. The number of carbonyl (C=O) groups excluding carboxylic acids is 3. The van der Waals surface area contributed by atoms with Gasteiger partial charge in [0.25, 0.3) is 5.91 Å². The number of hydrogen-bond acceptors (Lipinski definition) is 6. The number of esters is 1. The van der Waals surface area contributed by atoms with Gasteiger partial charge in [-0.25, -0.2) is 4.98 Å². The number of thiazole rings is 1. The van der Waals surface area contributed by atoms with Crippen molar-refractivity contribution < 1.29 is 19.1 Å². The molecule has 0 bridgehead atoms. The Morgan fingerprint density at radius 3 is 2.39 bits per heavy atom. The molecule has 1 aromatic heterocycles. The Kier molecular flexibility index (Phi) is 5.70. The van der Waals surface area contributed by atoms with Crippen LogP contribution in [0.2, 0.25) is 0 Å². The molecular formula is C15H21N3O4S. The molecule has 126 valence electrons. The highest BCUT2D eigenvalue weighted by molar-refractivity contribution is 7.09. The van der Waals surface area contributed by atoms with Crippen molar-refractivity contribution in [2.45, 2.75) is 33.3 Å². The van der Waals surface area contributed by atoms with Gasteiger partial charge < -0.3 is 14.5 Å². The van der Waals surface area contributed by atoms with Gasteiger partial charge in [0.1, 0.15) is 0 Å². The van der Waals surface area contributed by atoms with Gasteiger partial charge in [0.15, 0.2) is 6.10 Å². The normalized spacial score (nSPS) is 16.1. The molecule has 1 fully saturated rings. The minimum Gasteiger partial charge on any atom is -0.452 e. The van der Waals surface area contributed by atoms with E-state index in [1.165, 1.54) is 18.3 Å². The van der Waals surface area contributed by atoms with Crippen molar-refractivity contribution in [3.8, 4) is 0 Å². The second kappa shape index (κ2) is 7.54. The molecular weight excluding hydrogens is 318 g/mol. The minimum absolute atomic E-state index is 0.00938. The van der Waals surface area contributed by atoms with Gasteiger partial charge in [-0.15, -0.1) is 11.3 Å². The molecule has 0 N–H and O–H groups in total. The van der Waals surface area contributed by atoms with E-state index in [0.29, 0.717) is 31.9 Å². The fourth-order valence-electron chi connectivity index (χ4n) is 2.43. The first-order chi connectivity index (χ1) is 10.9. The van der Waals surface area contributed by atoms with Crippen LogP contribution >= 0.6 is 11.3 Å². The summed E-state index contributed by atoms with van der Waals surface area (Å²) in [5.74, 6) is -0.676. The summed E-state index contributed by atoms with van der Waals surface area (Å²) in [7, 11) is 0. The minimum atomic E-state index is -0.828. The number of rotatable bonds is 4. The number of amides is 2. The van der Waals surface area contributed by atoms with E-state index in [9.17, 15) is 14.4 Å². The van der Waals surface area contributed by atoms with Gasteiger partial charge >= 0.3 is 5.97 Å². The van der Waals surface area contributed by atoms with Crippen molar-refractivity contribution in [1.82, 2.24) is 14.8 Å². The Morgan fingerprint density at radius 2 is 1.87 bits per heavy atom. The third-order valence-electron chi connectivity index (χ3n) is 3.68. The highest BCUT2D eigenvalue weighted by Gasteiger charge is 2.27. The largest absolute Gasteiger partial charge is 0.452 e. The summed E-state index contributed by atoms with van der Waals surface area (Å²) in [5.41, 5.74) is 0.659. The highest BCUT2D eigenvalue weighted by Crippen LogP contribution is 2.11. The Hall–Kier alpha value is -1.96. The summed E-state index contributed by atoms with van der Waals surface area (Å²) in [6.45, 7) is 6.91. The number of ether oxygens (including phenoxy) is 1. The topological polar surface area (TPSA) is 79.8 Å². The Labute approximate surface area is 139 Å². The van der Waals surface area contributed by atoms with Crippen LogP contribution in [0.5, 0.6) is 0 Å². The SMILES string of the molecule is CC(=O)N1CCN(C(=O)C(C)OC(=O)Cc2csc(C)n2)CC1. The van der Waals surface area contributed by atoms with Crippen molar-refractivity contribution in [1.29, 1.82) is 0 Å². The van der Waals surface area contributed by atoms with Gasteiger partial charge in [-0.2, -0.15) is 0 Å². The van der Waals surface area contributed by atoms with Gasteiger partial charge in [-0.05, 0) is 13.8 Å². The van der Waals surface area contributed by atoms with Gasteiger partial charge in [-0.3, -0.25) is 14.4 Å². The molecule has 2 heterocycles. The number of aromatic nitrogens is 1. The van der Waals surface area contributed by atoms with E-state index in [1.807, 2.05) is 12.3 Å². The third kappa shape index (κ3) is 4.75. The predicted octanol–water partition coefficient (Wildman–Crippen LogP) is 0.616. The van der Waals surface area contributed by atoms with Crippen molar-refractivity contribution in [2.24, 2.45) is 0 Å². The summed E-state index contributed by atoms with van der Waals surface area (Å²) >= 11 is 1.47. The zero-order chi connectivity index (χ0) is 17.0. The smallest absolute Gasteiger partial charge is 0.312 e. The fourth-order valence-corrected chi connectivity index (χ4v) is 3.04. The van der Waals surface area contributed by atoms with E-state index in [0.717, 1.165) is 5.01 Å². The molecule has 1 aliphatic heterocycles. The lowest BCUT2D eigenvalue weighted by Gasteiger charge is -2.35. The summed E-state index contributed by atoms with van der Waals surface area (Å²) in [5, 5.41) is 2.70. The number of piperazine rings is 1. The number of carbonyl (C=O) groups is 3. The standard InChI is InChI=1S/C15H21N3O4S/c1-10(22-14(20)8-13-9-23-11(2)16-13)15(21)18-6-4-17(5-7-18)12(3)19/h9-10H,4-8H2,1-3H3. The summed E-state index contributed by atoms with van der Waals surface area (Å²) in [4.78, 5) is 43.0. The maximum absolute atomic E-state index is 12.3. The van der Waals surface area contributed by atoms with E-state index in [1.54, 1.807) is 16.7 Å². The summed E-state index contributed by atoms with van der Waals surface area (Å²) < 4.78 is 5.21. The third-order valence-corrected chi connectivity index (χ3v) is 4.51. The lowest BCUT2D eigenvalue weighted by atomic mass is 10.2. The molecule has 1 atom stereocenters. The van der Waals surface area contributed by atoms with Gasteiger partial charge in [-0.1, -0.05) is 0 Å². The Balaban J connectivity index is 1.80. The molecule has 1 aromatic rings.